The average Bonchev–Trinajstić information content (AvgIpc) is 3.06. The van der Waals surface area contributed by atoms with Gasteiger partial charge in [0.15, 0.2) is 0 Å². The van der Waals surface area contributed by atoms with Gasteiger partial charge in [-0.15, -0.1) is 0 Å². The molecule has 1 aromatic carbocycles. The van der Waals surface area contributed by atoms with E-state index < -0.39 is 17.7 Å². The second-order valence-corrected chi connectivity index (χ2v) is 8.73. The van der Waals surface area contributed by atoms with Crippen molar-refractivity contribution in [3.63, 3.8) is 0 Å². The van der Waals surface area contributed by atoms with E-state index in [2.05, 4.69) is 4.98 Å². The number of amides is 1. The van der Waals surface area contributed by atoms with Gasteiger partial charge in [0, 0.05) is 42.2 Å². The summed E-state index contributed by atoms with van der Waals surface area (Å²) in [6, 6.07) is 6.89. The molecule has 1 aliphatic carbocycles. The summed E-state index contributed by atoms with van der Waals surface area (Å²) < 4.78 is 42.3. The SMILES string of the molecule is CCN(Cc1cc(C(F)(F)F)ccc1-c1cc(CC(=O)O)n2ccc(C)nc12)C(=O)C1CCC1. The highest BCUT2D eigenvalue weighted by atomic mass is 19.4. The maximum atomic E-state index is 13.6. The van der Waals surface area contributed by atoms with Crippen LogP contribution in [0.3, 0.4) is 0 Å². The number of fused-ring (bicyclic) bond motifs is 1. The van der Waals surface area contributed by atoms with E-state index in [0.717, 1.165) is 31.4 Å². The molecule has 4 rings (SSSR count). The van der Waals surface area contributed by atoms with Crippen molar-refractivity contribution in [2.45, 2.75) is 52.3 Å². The molecule has 6 nitrogen and oxygen atoms in total. The van der Waals surface area contributed by atoms with E-state index in [-0.39, 0.29) is 24.8 Å². The standard InChI is InChI=1S/C25H26F3N3O3/c1-3-30(24(34)16-5-4-6-16)14-17-11-18(25(26,27)28)7-8-20(17)21-12-19(13-22(32)33)31-10-9-15(2)29-23(21)31/h7-12,16H,3-6,13-14H2,1-2H3,(H,32,33). The van der Waals surface area contributed by atoms with E-state index in [9.17, 15) is 27.9 Å². The number of carbonyl (C=O) groups excluding carboxylic acids is 1. The molecule has 0 radical (unpaired) electrons. The lowest BCUT2D eigenvalue weighted by Gasteiger charge is -2.31. The van der Waals surface area contributed by atoms with Crippen molar-refractivity contribution in [3.05, 3.63) is 59.0 Å². The third kappa shape index (κ3) is 4.64. The summed E-state index contributed by atoms with van der Waals surface area (Å²) >= 11 is 0. The number of nitrogens with zero attached hydrogens (tertiary/aromatic N) is 3. The summed E-state index contributed by atoms with van der Waals surface area (Å²) in [4.78, 5) is 30.4. The van der Waals surface area contributed by atoms with Crippen molar-refractivity contribution >= 4 is 17.5 Å². The molecule has 2 aromatic heterocycles. The molecule has 0 saturated heterocycles. The van der Waals surface area contributed by atoms with E-state index in [0.29, 0.717) is 40.3 Å². The first-order valence-corrected chi connectivity index (χ1v) is 11.3. The number of hydrogen-bond donors (Lipinski definition) is 1. The highest BCUT2D eigenvalue weighted by molar-refractivity contribution is 5.84. The monoisotopic (exact) mass is 473 g/mol. The van der Waals surface area contributed by atoms with Crippen molar-refractivity contribution < 1.29 is 27.9 Å². The molecule has 0 unspecified atom stereocenters. The maximum Gasteiger partial charge on any atom is 0.416 e. The van der Waals surface area contributed by atoms with Crippen LogP contribution < -0.4 is 0 Å². The Bertz CT molecular complexity index is 1250. The molecule has 0 aliphatic heterocycles. The van der Waals surface area contributed by atoms with Gasteiger partial charge in [-0.25, -0.2) is 4.98 Å². The number of benzene rings is 1. The Morgan fingerprint density at radius 3 is 2.50 bits per heavy atom. The maximum absolute atomic E-state index is 13.6. The molecule has 34 heavy (non-hydrogen) atoms. The van der Waals surface area contributed by atoms with Crippen LogP contribution in [0.25, 0.3) is 16.8 Å². The first-order valence-electron chi connectivity index (χ1n) is 11.3. The number of alkyl halides is 3. The van der Waals surface area contributed by atoms with Crippen molar-refractivity contribution in [1.29, 1.82) is 0 Å². The van der Waals surface area contributed by atoms with Crippen LogP contribution in [-0.2, 0) is 28.7 Å². The van der Waals surface area contributed by atoms with Crippen molar-refractivity contribution in [1.82, 2.24) is 14.3 Å². The molecule has 2 heterocycles. The largest absolute Gasteiger partial charge is 0.481 e. The fourth-order valence-corrected chi connectivity index (χ4v) is 4.35. The lowest BCUT2D eigenvalue weighted by molar-refractivity contribution is -0.138. The summed E-state index contributed by atoms with van der Waals surface area (Å²) in [5.74, 6) is -1.14. The van der Waals surface area contributed by atoms with Gasteiger partial charge in [-0.1, -0.05) is 12.5 Å². The minimum absolute atomic E-state index is 0.0303. The van der Waals surface area contributed by atoms with E-state index in [1.807, 2.05) is 6.92 Å². The van der Waals surface area contributed by atoms with Crippen molar-refractivity contribution in [2.75, 3.05) is 6.54 Å². The third-order valence-corrected chi connectivity index (χ3v) is 6.40. The first-order chi connectivity index (χ1) is 16.1. The predicted octanol–water partition coefficient (Wildman–Crippen LogP) is 5.10. The smallest absolute Gasteiger partial charge is 0.416 e. The van der Waals surface area contributed by atoms with Crippen LogP contribution in [-0.4, -0.2) is 37.8 Å². The predicted molar refractivity (Wildman–Crippen MR) is 120 cm³/mol. The minimum Gasteiger partial charge on any atom is -0.481 e. The highest BCUT2D eigenvalue weighted by Crippen LogP contribution is 2.37. The Hall–Kier alpha value is -3.36. The lowest BCUT2D eigenvalue weighted by Crippen LogP contribution is -2.38. The zero-order valence-corrected chi connectivity index (χ0v) is 19.0. The lowest BCUT2D eigenvalue weighted by atomic mass is 9.84. The molecule has 9 heteroatoms. The number of aliphatic carboxylic acids is 1. The molecule has 1 amide bonds. The van der Waals surface area contributed by atoms with Crippen molar-refractivity contribution in [3.8, 4) is 11.1 Å². The van der Waals surface area contributed by atoms with Gasteiger partial charge in [0.1, 0.15) is 5.65 Å². The quantitative estimate of drug-likeness (QED) is 0.518. The first kappa shape index (κ1) is 23.8. The van der Waals surface area contributed by atoms with Gasteiger partial charge in [0.05, 0.1) is 12.0 Å². The highest BCUT2D eigenvalue weighted by Gasteiger charge is 2.33. The topological polar surface area (TPSA) is 74.9 Å². The zero-order chi connectivity index (χ0) is 24.6. The van der Waals surface area contributed by atoms with Crippen LogP contribution in [0, 0.1) is 12.8 Å². The molecular formula is C25H26F3N3O3. The van der Waals surface area contributed by atoms with Crippen LogP contribution in [0.2, 0.25) is 0 Å². The molecule has 3 aromatic rings. The minimum atomic E-state index is -4.53. The molecule has 1 fully saturated rings. The number of aromatic nitrogens is 2. The Balaban J connectivity index is 1.86. The van der Waals surface area contributed by atoms with Crippen LogP contribution in [0.4, 0.5) is 13.2 Å². The van der Waals surface area contributed by atoms with Crippen LogP contribution in [0.15, 0.2) is 36.5 Å². The zero-order valence-electron chi connectivity index (χ0n) is 19.0. The second kappa shape index (κ2) is 9.12. The number of halogens is 3. The van der Waals surface area contributed by atoms with Crippen molar-refractivity contribution in [2.24, 2.45) is 5.92 Å². The van der Waals surface area contributed by atoms with Gasteiger partial charge in [-0.3, -0.25) is 9.59 Å². The Labute approximate surface area is 195 Å². The molecule has 1 N–H and O–H groups in total. The van der Waals surface area contributed by atoms with Crippen LogP contribution in [0.1, 0.15) is 48.7 Å². The summed E-state index contributed by atoms with van der Waals surface area (Å²) in [6.45, 7) is 4.01. The fraction of sp³-hybridized carbons (Fsp3) is 0.400. The third-order valence-electron chi connectivity index (χ3n) is 6.40. The van der Waals surface area contributed by atoms with Gasteiger partial charge in [-0.05, 0) is 62.1 Å². The van der Waals surface area contributed by atoms with Crippen LogP contribution in [0.5, 0.6) is 0 Å². The molecule has 1 aliphatic rings. The van der Waals surface area contributed by atoms with E-state index in [1.54, 1.807) is 34.6 Å². The van der Waals surface area contributed by atoms with Gasteiger partial charge in [-0.2, -0.15) is 13.2 Å². The molecule has 180 valence electrons. The van der Waals surface area contributed by atoms with E-state index in [1.165, 1.54) is 6.07 Å². The van der Waals surface area contributed by atoms with Crippen LogP contribution >= 0.6 is 0 Å². The number of carboxylic acid groups (broad SMARTS) is 1. The second-order valence-electron chi connectivity index (χ2n) is 8.73. The Morgan fingerprint density at radius 2 is 1.91 bits per heavy atom. The molecule has 1 saturated carbocycles. The Morgan fingerprint density at radius 1 is 1.18 bits per heavy atom. The number of aryl methyl sites for hydroxylation is 1. The summed E-state index contributed by atoms with van der Waals surface area (Å²) in [5.41, 5.74) is 2.21. The molecular weight excluding hydrogens is 447 g/mol. The number of rotatable bonds is 7. The molecule has 0 atom stereocenters. The molecule has 0 bridgehead atoms. The van der Waals surface area contributed by atoms with Gasteiger partial charge in [0.2, 0.25) is 5.91 Å². The molecule has 0 spiro atoms. The van der Waals surface area contributed by atoms with E-state index in [4.69, 9.17) is 0 Å². The number of carbonyl (C=O) groups is 2. The Kier molecular flexibility index (Phi) is 6.38. The summed E-state index contributed by atoms with van der Waals surface area (Å²) in [5, 5.41) is 9.33. The normalized spacial score (nSPS) is 14.3. The summed E-state index contributed by atoms with van der Waals surface area (Å²) in [7, 11) is 0. The number of carboxylic acids is 1. The van der Waals surface area contributed by atoms with Gasteiger partial charge >= 0.3 is 12.1 Å². The summed E-state index contributed by atoms with van der Waals surface area (Å²) in [6.07, 6.45) is -0.497. The number of hydrogen-bond acceptors (Lipinski definition) is 3. The average molecular weight is 473 g/mol. The fourth-order valence-electron chi connectivity index (χ4n) is 4.35. The van der Waals surface area contributed by atoms with Gasteiger partial charge in [0.25, 0.3) is 0 Å². The van der Waals surface area contributed by atoms with E-state index >= 15 is 0 Å². The van der Waals surface area contributed by atoms with Gasteiger partial charge < -0.3 is 14.4 Å².